The number of hydrogen-bond acceptors (Lipinski definition) is 8. The summed E-state index contributed by atoms with van der Waals surface area (Å²) in [7, 11) is 4.12. The third-order valence-corrected chi connectivity index (χ3v) is 13.1. The van der Waals surface area contributed by atoms with Crippen molar-refractivity contribution in [1.82, 2.24) is 14.7 Å². The Balaban J connectivity index is 2.30. The van der Waals surface area contributed by atoms with Crippen molar-refractivity contribution in [3.05, 3.63) is 0 Å². The van der Waals surface area contributed by atoms with Gasteiger partial charge in [0.2, 0.25) is 0 Å². The smallest absolute Gasteiger partial charge is 0.0667 e. The maximum absolute atomic E-state index is 10.8. The highest BCUT2D eigenvalue weighted by molar-refractivity contribution is 8.76. The molecule has 0 aromatic rings. The summed E-state index contributed by atoms with van der Waals surface area (Å²) in [5.41, 5.74) is 0. The second kappa shape index (κ2) is 31.8. The molecule has 4 unspecified atom stereocenters. The fraction of sp³-hybridized carbons (Fsp3) is 1.00. The highest BCUT2D eigenvalue weighted by Crippen LogP contribution is 2.24. The fourth-order valence-corrected chi connectivity index (χ4v) is 9.76. The zero-order valence-corrected chi connectivity index (χ0v) is 33.7. The number of aliphatic hydroxyl groups is 2. The number of unbranched alkanes of at least 4 members (excludes halogenated alkanes) is 12. The molecule has 0 spiro atoms. The second-order valence-electron chi connectivity index (χ2n) is 14.2. The molecule has 8 heteroatoms. The highest BCUT2D eigenvalue weighted by Gasteiger charge is 2.28. The lowest BCUT2D eigenvalue weighted by molar-refractivity contribution is 0.0516. The average molecular weight is 706 g/mol. The van der Waals surface area contributed by atoms with Gasteiger partial charge in [-0.1, -0.05) is 126 Å². The summed E-state index contributed by atoms with van der Waals surface area (Å²) in [6.07, 6.45) is 21.5. The van der Waals surface area contributed by atoms with Crippen LogP contribution in [0, 0.1) is 0 Å². The predicted octanol–water partition coefficient (Wildman–Crippen LogP) is 9.60. The van der Waals surface area contributed by atoms with E-state index in [2.05, 4.69) is 82.7 Å². The van der Waals surface area contributed by atoms with Crippen molar-refractivity contribution in [3.8, 4) is 0 Å². The molecular weight excluding hydrogens is 627 g/mol. The number of piperazine rings is 1. The first-order chi connectivity index (χ1) is 22.4. The molecule has 1 aliphatic rings. The van der Waals surface area contributed by atoms with Gasteiger partial charge in [-0.3, -0.25) is 14.7 Å². The van der Waals surface area contributed by atoms with Gasteiger partial charge in [0.25, 0.3) is 0 Å². The number of thioether (sulfide) groups is 1. The van der Waals surface area contributed by atoms with Crippen molar-refractivity contribution in [3.63, 3.8) is 0 Å². The molecule has 0 amide bonds. The van der Waals surface area contributed by atoms with Crippen molar-refractivity contribution in [1.29, 1.82) is 0 Å². The Morgan fingerprint density at radius 2 is 1.04 bits per heavy atom. The third kappa shape index (κ3) is 24.9. The summed E-state index contributed by atoms with van der Waals surface area (Å²) >= 11 is 2.11. The van der Waals surface area contributed by atoms with Gasteiger partial charge in [0.15, 0.2) is 0 Å². The van der Waals surface area contributed by atoms with Crippen molar-refractivity contribution >= 4 is 33.3 Å². The van der Waals surface area contributed by atoms with Crippen LogP contribution in [0.2, 0.25) is 0 Å². The summed E-state index contributed by atoms with van der Waals surface area (Å²) in [6, 6.07) is 1.30. The molecule has 5 nitrogen and oxygen atoms in total. The summed E-state index contributed by atoms with van der Waals surface area (Å²) in [5.74, 6) is 4.97. The van der Waals surface area contributed by atoms with Crippen molar-refractivity contribution < 1.29 is 10.2 Å². The zero-order valence-electron chi connectivity index (χ0n) is 31.3. The van der Waals surface area contributed by atoms with Crippen molar-refractivity contribution in [2.45, 2.75) is 174 Å². The Morgan fingerprint density at radius 1 is 0.565 bits per heavy atom. The number of nitrogens with zero attached hydrogens (tertiary/aromatic N) is 3. The third-order valence-electron chi connectivity index (χ3n) is 9.63. The van der Waals surface area contributed by atoms with Gasteiger partial charge in [-0.2, -0.15) is 11.8 Å². The van der Waals surface area contributed by atoms with Gasteiger partial charge in [0.05, 0.1) is 12.2 Å². The van der Waals surface area contributed by atoms with E-state index in [-0.39, 0.29) is 12.2 Å². The van der Waals surface area contributed by atoms with Crippen LogP contribution in [0.25, 0.3) is 0 Å². The molecule has 0 saturated carbocycles. The largest absolute Gasteiger partial charge is 0.392 e. The van der Waals surface area contributed by atoms with Gasteiger partial charge in [-0.15, -0.1) is 0 Å². The molecule has 0 aromatic heterocycles. The van der Waals surface area contributed by atoms with E-state index in [1.807, 2.05) is 0 Å². The molecule has 1 heterocycles. The summed E-state index contributed by atoms with van der Waals surface area (Å²) in [6.45, 7) is 18.9. The monoisotopic (exact) mass is 706 g/mol. The Hall–Kier alpha value is 0.850. The van der Waals surface area contributed by atoms with Gasteiger partial charge in [0, 0.05) is 68.6 Å². The van der Waals surface area contributed by atoms with E-state index >= 15 is 0 Å². The minimum absolute atomic E-state index is 0.268. The summed E-state index contributed by atoms with van der Waals surface area (Å²) < 4.78 is 0. The molecule has 1 saturated heterocycles. The Morgan fingerprint density at radius 3 is 1.59 bits per heavy atom. The summed E-state index contributed by atoms with van der Waals surface area (Å²) in [4.78, 5) is 7.80. The van der Waals surface area contributed by atoms with Crippen LogP contribution in [0.15, 0.2) is 0 Å². The minimum atomic E-state index is -0.268. The maximum atomic E-state index is 10.8. The molecule has 0 aromatic carbocycles. The molecule has 1 rings (SSSR count). The first kappa shape index (κ1) is 44.9. The van der Waals surface area contributed by atoms with Gasteiger partial charge in [-0.25, -0.2) is 0 Å². The lowest BCUT2D eigenvalue weighted by Gasteiger charge is -2.44. The molecule has 4 atom stereocenters. The number of hydrogen-bond donors (Lipinski definition) is 2. The van der Waals surface area contributed by atoms with Crippen LogP contribution in [0.3, 0.4) is 0 Å². The normalized spacial score (nSPS) is 19.3. The van der Waals surface area contributed by atoms with E-state index in [9.17, 15) is 10.2 Å². The Kier molecular flexibility index (Phi) is 31.0. The van der Waals surface area contributed by atoms with E-state index in [1.165, 1.54) is 133 Å². The molecule has 276 valence electrons. The maximum Gasteiger partial charge on any atom is 0.0667 e. The second-order valence-corrected chi connectivity index (χ2v) is 18.1. The topological polar surface area (TPSA) is 50.2 Å². The Bertz CT molecular complexity index is 626. The quantitative estimate of drug-likeness (QED) is 0.0517. The molecule has 0 radical (unpaired) electrons. The molecule has 0 aliphatic carbocycles. The SMILES string of the molecule is CCCCCCCCC(O)CN(CCCCSCCN1CC(C)N(CCSSCCCC)CC1C)CC(O)CCCCCCCC. The van der Waals surface area contributed by atoms with E-state index in [0.717, 1.165) is 38.6 Å². The minimum Gasteiger partial charge on any atom is -0.392 e. The average Bonchev–Trinajstić information content (AvgIpc) is 3.03. The molecule has 1 aliphatic heterocycles. The van der Waals surface area contributed by atoms with Crippen LogP contribution in [0.1, 0.15) is 150 Å². The fourth-order valence-electron chi connectivity index (χ4n) is 6.55. The summed E-state index contributed by atoms with van der Waals surface area (Å²) in [5, 5.41) is 21.7. The van der Waals surface area contributed by atoms with Crippen LogP contribution in [-0.4, -0.2) is 118 Å². The molecule has 0 bridgehead atoms. The van der Waals surface area contributed by atoms with E-state index in [1.54, 1.807) is 0 Å². The van der Waals surface area contributed by atoms with Crippen molar-refractivity contribution in [2.75, 3.05) is 68.8 Å². The Labute approximate surface area is 300 Å². The van der Waals surface area contributed by atoms with Crippen LogP contribution in [0.5, 0.6) is 0 Å². The van der Waals surface area contributed by atoms with Gasteiger partial charge in [0.1, 0.15) is 0 Å². The van der Waals surface area contributed by atoms with E-state index in [4.69, 9.17) is 0 Å². The molecular formula is C38H79N3O2S3. The van der Waals surface area contributed by atoms with Crippen LogP contribution >= 0.6 is 33.3 Å². The van der Waals surface area contributed by atoms with Crippen LogP contribution < -0.4 is 0 Å². The van der Waals surface area contributed by atoms with E-state index in [0.29, 0.717) is 25.2 Å². The van der Waals surface area contributed by atoms with Gasteiger partial charge in [-0.05, 0) is 58.2 Å². The molecule has 46 heavy (non-hydrogen) atoms. The van der Waals surface area contributed by atoms with Crippen LogP contribution in [-0.2, 0) is 0 Å². The zero-order chi connectivity index (χ0) is 33.7. The number of aliphatic hydroxyl groups excluding tert-OH is 2. The van der Waals surface area contributed by atoms with Crippen LogP contribution in [0.4, 0.5) is 0 Å². The molecule has 1 fully saturated rings. The van der Waals surface area contributed by atoms with Gasteiger partial charge < -0.3 is 10.2 Å². The predicted molar refractivity (Wildman–Crippen MR) is 213 cm³/mol. The highest BCUT2D eigenvalue weighted by atomic mass is 33.1. The lowest BCUT2D eigenvalue weighted by atomic mass is 10.1. The first-order valence-electron chi connectivity index (χ1n) is 19.8. The molecule has 2 N–H and O–H groups in total. The first-order valence-corrected chi connectivity index (χ1v) is 23.4. The standard InChI is InChI=1S/C38H79N3O2S3/c1-6-9-12-14-16-18-22-37(42)33-39(34-38(43)23-19-17-15-13-10-7-2)24-20-21-27-44-29-25-40-31-36(5)41(32-35(40)4)26-30-46-45-28-11-8-3/h35-38,42-43H,6-34H2,1-5H3. The van der Waals surface area contributed by atoms with Gasteiger partial charge >= 0.3 is 0 Å². The lowest BCUT2D eigenvalue weighted by Crippen LogP contribution is -2.57. The van der Waals surface area contributed by atoms with E-state index < -0.39 is 0 Å². The number of rotatable bonds is 33. The van der Waals surface area contributed by atoms with Crippen molar-refractivity contribution in [2.24, 2.45) is 0 Å².